The summed E-state index contributed by atoms with van der Waals surface area (Å²) in [5.41, 5.74) is -0.0769. The highest BCUT2D eigenvalue weighted by Gasteiger charge is 2.35. The van der Waals surface area contributed by atoms with Crippen molar-refractivity contribution in [2.75, 3.05) is 19.7 Å². The van der Waals surface area contributed by atoms with Crippen molar-refractivity contribution in [1.82, 2.24) is 10.6 Å². The lowest BCUT2D eigenvalue weighted by atomic mass is 9.77. The molecule has 1 saturated carbocycles. The van der Waals surface area contributed by atoms with Crippen molar-refractivity contribution < 1.29 is 9.90 Å². The Morgan fingerprint density at radius 2 is 2.21 bits per heavy atom. The summed E-state index contributed by atoms with van der Waals surface area (Å²) in [4.78, 5) is 11.1. The van der Waals surface area contributed by atoms with Gasteiger partial charge in [-0.05, 0) is 26.2 Å². The number of carbonyl (C=O) groups is 1. The molecule has 0 unspecified atom stereocenters. The number of carbonyl (C=O) groups excluding carboxylic acids is 1. The van der Waals surface area contributed by atoms with E-state index in [0.717, 1.165) is 12.8 Å². The van der Waals surface area contributed by atoms with Crippen LogP contribution < -0.4 is 10.6 Å². The molecule has 14 heavy (non-hydrogen) atoms. The van der Waals surface area contributed by atoms with Gasteiger partial charge in [0, 0.05) is 25.0 Å². The number of aliphatic hydroxyl groups excluding tert-OH is 1. The number of hydrogen-bond acceptors (Lipinski definition) is 3. The minimum absolute atomic E-state index is 0.0763. The zero-order valence-corrected chi connectivity index (χ0v) is 8.81. The average Bonchev–Trinajstić information content (AvgIpc) is 2.10. The van der Waals surface area contributed by atoms with Crippen LogP contribution in [0.5, 0.6) is 0 Å². The number of rotatable bonds is 6. The predicted octanol–water partition coefficient (Wildman–Crippen LogP) is 0.0172. The SMILES string of the molecule is CCNC(=O)CCNC1(CO)CCC1. The van der Waals surface area contributed by atoms with Gasteiger partial charge in [-0.3, -0.25) is 4.79 Å². The van der Waals surface area contributed by atoms with Crippen molar-refractivity contribution in [3.05, 3.63) is 0 Å². The molecule has 0 heterocycles. The lowest BCUT2D eigenvalue weighted by Crippen LogP contribution is -2.54. The first-order valence-electron chi connectivity index (χ1n) is 5.35. The number of amides is 1. The van der Waals surface area contributed by atoms with Crippen molar-refractivity contribution in [3.8, 4) is 0 Å². The van der Waals surface area contributed by atoms with Gasteiger partial charge in [-0.25, -0.2) is 0 Å². The van der Waals surface area contributed by atoms with Crippen LogP contribution in [0.3, 0.4) is 0 Å². The lowest BCUT2D eigenvalue weighted by molar-refractivity contribution is -0.121. The van der Waals surface area contributed by atoms with Gasteiger partial charge in [-0.1, -0.05) is 0 Å². The number of nitrogens with one attached hydrogen (secondary N) is 2. The standard InChI is InChI=1S/C10H20N2O2/c1-2-11-9(14)4-7-12-10(8-13)5-3-6-10/h12-13H,2-8H2,1H3,(H,11,14). The number of aliphatic hydroxyl groups is 1. The highest BCUT2D eigenvalue weighted by Crippen LogP contribution is 2.30. The maximum absolute atomic E-state index is 11.1. The molecule has 3 N–H and O–H groups in total. The Bertz CT molecular complexity index is 185. The quantitative estimate of drug-likeness (QED) is 0.566. The van der Waals surface area contributed by atoms with Crippen LogP contribution in [0.2, 0.25) is 0 Å². The van der Waals surface area contributed by atoms with Gasteiger partial charge < -0.3 is 15.7 Å². The summed E-state index contributed by atoms with van der Waals surface area (Å²) in [5.74, 6) is 0.0763. The largest absolute Gasteiger partial charge is 0.394 e. The number of hydrogen-bond donors (Lipinski definition) is 3. The molecule has 0 saturated heterocycles. The van der Waals surface area contributed by atoms with E-state index >= 15 is 0 Å². The molecule has 1 aliphatic carbocycles. The second-order valence-corrected chi connectivity index (χ2v) is 3.92. The Morgan fingerprint density at radius 1 is 1.50 bits per heavy atom. The van der Waals surface area contributed by atoms with Gasteiger partial charge in [0.05, 0.1) is 6.61 Å². The van der Waals surface area contributed by atoms with Gasteiger partial charge >= 0.3 is 0 Å². The Hall–Kier alpha value is -0.610. The summed E-state index contributed by atoms with van der Waals surface area (Å²) in [6, 6.07) is 0. The highest BCUT2D eigenvalue weighted by atomic mass is 16.3. The van der Waals surface area contributed by atoms with Gasteiger partial charge in [0.15, 0.2) is 0 Å². The summed E-state index contributed by atoms with van der Waals surface area (Å²) in [6.07, 6.45) is 3.72. The average molecular weight is 200 g/mol. The van der Waals surface area contributed by atoms with Crippen LogP contribution in [0.15, 0.2) is 0 Å². The summed E-state index contributed by atoms with van der Waals surface area (Å²) in [6.45, 7) is 3.44. The van der Waals surface area contributed by atoms with Crippen molar-refractivity contribution >= 4 is 5.91 Å². The maximum Gasteiger partial charge on any atom is 0.221 e. The minimum Gasteiger partial charge on any atom is -0.394 e. The lowest BCUT2D eigenvalue weighted by Gasteiger charge is -2.41. The monoisotopic (exact) mass is 200 g/mol. The van der Waals surface area contributed by atoms with E-state index < -0.39 is 0 Å². The first-order chi connectivity index (χ1) is 6.72. The molecule has 0 bridgehead atoms. The molecular formula is C10H20N2O2. The van der Waals surface area contributed by atoms with Crippen LogP contribution in [-0.2, 0) is 4.79 Å². The Kier molecular flexibility index (Phi) is 4.35. The van der Waals surface area contributed by atoms with Gasteiger partial charge in [-0.2, -0.15) is 0 Å². The van der Waals surface area contributed by atoms with Crippen LogP contribution >= 0.6 is 0 Å². The van der Waals surface area contributed by atoms with E-state index in [9.17, 15) is 4.79 Å². The first-order valence-corrected chi connectivity index (χ1v) is 5.35. The van der Waals surface area contributed by atoms with Crippen LogP contribution in [0.25, 0.3) is 0 Å². The fraction of sp³-hybridized carbons (Fsp3) is 0.900. The zero-order chi connectivity index (χ0) is 10.4. The molecule has 0 atom stereocenters. The van der Waals surface area contributed by atoms with Gasteiger partial charge in [0.25, 0.3) is 0 Å². The molecular weight excluding hydrogens is 180 g/mol. The summed E-state index contributed by atoms with van der Waals surface area (Å²) in [5, 5.41) is 15.1. The van der Waals surface area contributed by atoms with Gasteiger partial charge in [0.1, 0.15) is 0 Å². The van der Waals surface area contributed by atoms with Crippen LogP contribution in [0.4, 0.5) is 0 Å². The zero-order valence-electron chi connectivity index (χ0n) is 8.81. The van der Waals surface area contributed by atoms with Gasteiger partial charge in [0.2, 0.25) is 5.91 Å². The van der Waals surface area contributed by atoms with Crippen molar-refractivity contribution in [3.63, 3.8) is 0 Å². The Morgan fingerprint density at radius 3 is 2.64 bits per heavy atom. The molecule has 1 rings (SSSR count). The van der Waals surface area contributed by atoms with E-state index in [1.54, 1.807) is 0 Å². The summed E-state index contributed by atoms with van der Waals surface area (Å²) >= 11 is 0. The second kappa shape index (κ2) is 5.32. The molecule has 0 aliphatic heterocycles. The van der Waals surface area contributed by atoms with E-state index in [1.807, 2.05) is 6.92 Å². The molecule has 0 aromatic rings. The van der Waals surface area contributed by atoms with Crippen molar-refractivity contribution in [1.29, 1.82) is 0 Å². The van der Waals surface area contributed by atoms with E-state index in [4.69, 9.17) is 5.11 Å². The molecule has 1 amide bonds. The second-order valence-electron chi connectivity index (χ2n) is 3.92. The van der Waals surface area contributed by atoms with Crippen LogP contribution in [0, 0.1) is 0 Å². The van der Waals surface area contributed by atoms with Crippen LogP contribution in [0.1, 0.15) is 32.6 Å². The Balaban J connectivity index is 2.11. The predicted molar refractivity (Wildman–Crippen MR) is 55.0 cm³/mol. The van der Waals surface area contributed by atoms with Crippen molar-refractivity contribution in [2.45, 2.75) is 38.1 Å². The molecule has 1 aliphatic rings. The smallest absolute Gasteiger partial charge is 0.221 e. The highest BCUT2D eigenvalue weighted by molar-refractivity contribution is 5.75. The third-order valence-corrected chi connectivity index (χ3v) is 2.84. The summed E-state index contributed by atoms with van der Waals surface area (Å²) in [7, 11) is 0. The molecule has 82 valence electrons. The molecule has 0 spiro atoms. The molecule has 1 fully saturated rings. The fourth-order valence-electron chi connectivity index (χ4n) is 1.72. The van der Waals surface area contributed by atoms with Crippen LogP contribution in [-0.4, -0.2) is 36.2 Å². The minimum atomic E-state index is -0.0769. The molecule has 4 heteroatoms. The molecule has 0 aromatic heterocycles. The van der Waals surface area contributed by atoms with E-state index in [2.05, 4.69) is 10.6 Å². The van der Waals surface area contributed by atoms with E-state index in [0.29, 0.717) is 19.5 Å². The third-order valence-electron chi connectivity index (χ3n) is 2.84. The molecule has 4 nitrogen and oxygen atoms in total. The molecule has 0 aromatic carbocycles. The summed E-state index contributed by atoms with van der Waals surface area (Å²) < 4.78 is 0. The molecule has 0 radical (unpaired) electrons. The third kappa shape index (κ3) is 2.96. The topological polar surface area (TPSA) is 61.4 Å². The maximum atomic E-state index is 11.1. The van der Waals surface area contributed by atoms with Gasteiger partial charge in [-0.15, -0.1) is 0 Å². The van der Waals surface area contributed by atoms with Crippen molar-refractivity contribution in [2.24, 2.45) is 0 Å². The first kappa shape index (κ1) is 11.5. The normalized spacial score (nSPS) is 18.7. The van der Waals surface area contributed by atoms with E-state index in [1.165, 1.54) is 6.42 Å². The van der Waals surface area contributed by atoms with E-state index in [-0.39, 0.29) is 18.1 Å². The Labute approximate surface area is 85.1 Å². The fourth-order valence-corrected chi connectivity index (χ4v) is 1.72.